The van der Waals surface area contributed by atoms with Gasteiger partial charge in [0.25, 0.3) is 0 Å². The monoisotopic (exact) mass is 198 g/mol. The molecule has 1 heterocycles. The van der Waals surface area contributed by atoms with Crippen molar-refractivity contribution in [2.45, 2.75) is 32.6 Å². The van der Waals surface area contributed by atoms with Crippen LogP contribution in [0.4, 0.5) is 0 Å². The van der Waals surface area contributed by atoms with Gasteiger partial charge in [-0.1, -0.05) is 0 Å². The number of hydrogen-bond acceptors (Lipinski definition) is 3. The Morgan fingerprint density at radius 3 is 3.08 bits per heavy atom. The van der Waals surface area contributed by atoms with Crippen molar-refractivity contribution in [3.63, 3.8) is 0 Å². The van der Waals surface area contributed by atoms with Crippen molar-refractivity contribution in [1.82, 2.24) is 0 Å². The van der Waals surface area contributed by atoms with Gasteiger partial charge in [-0.3, -0.25) is 0 Å². The highest BCUT2D eigenvalue weighted by atomic mass is 32.1. The van der Waals surface area contributed by atoms with Gasteiger partial charge >= 0.3 is 0 Å². The lowest BCUT2D eigenvalue weighted by Crippen LogP contribution is -2.02. The van der Waals surface area contributed by atoms with Gasteiger partial charge in [-0.2, -0.15) is 4.89 Å². The number of rotatable bonds is 3. The van der Waals surface area contributed by atoms with Gasteiger partial charge in [-0.25, -0.2) is 0 Å². The average molecular weight is 198 g/mol. The Hall–Kier alpha value is -0.540. The minimum Gasteiger partial charge on any atom is -0.336 e. The molecule has 0 radical (unpaired) electrons. The zero-order valence-electron chi connectivity index (χ0n) is 7.84. The van der Waals surface area contributed by atoms with Crippen LogP contribution in [0.25, 0.3) is 0 Å². The Bertz CT molecular complexity index is 280. The fourth-order valence-electron chi connectivity index (χ4n) is 1.66. The zero-order valence-corrected chi connectivity index (χ0v) is 8.65. The first-order valence-corrected chi connectivity index (χ1v) is 5.68. The van der Waals surface area contributed by atoms with Crippen LogP contribution in [0, 0.1) is 0 Å². The minimum atomic E-state index is 0.602. The summed E-state index contributed by atoms with van der Waals surface area (Å²) in [7, 11) is 0. The molecule has 2 rings (SSSR count). The SMILES string of the molecule is CCOOc1csc2c1CCCC2. The molecular weight excluding hydrogens is 184 g/mol. The molecule has 0 fully saturated rings. The molecule has 0 aliphatic heterocycles. The number of aryl methyl sites for hydroxylation is 1. The highest BCUT2D eigenvalue weighted by molar-refractivity contribution is 7.10. The van der Waals surface area contributed by atoms with E-state index in [4.69, 9.17) is 9.78 Å². The average Bonchev–Trinajstić information content (AvgIpc) is 2.58. The van der Waals surface area contributed by atoms with E-state index < -0.39 is 0 Å². The summed E-state index contributed by atoms with van der Waals surface area (Å²) in [5.74, 6) is 0.946. The molecule has 1 aromatic heterocycles. The van der Waals surface area contributed by atoms with Crippen LogP contribution in [-0.2, 0) is 17.7 Å². The normalized spacial score (nSPS) is 15.5. The predicted octanol–water partition coefficient (Wildman–Crippen LogP) is 2.96. The standard InChI is InChI=1S/C10H14O2S/c1-2-11-12-9-7-13-10-6-4-3-5-8(9)10/h7H,2-6H2,1H3. The largest absolute Gasteiger partial charge is 0.336 e. The first kappa shape index (κ1) is 9.03. The molecule has 0 aromatic carbocycles. The third-order valence-electron chi connectivity index (χ3n) is 2.29. The Balaban J connectivity index is 2.12. The van der Waals surface area contributed by atoms with Gasteiger partial charge in [0, 0.05) is 15.8 Å². The van der Waals surface area contributed by atoms with Crippen LogP contribution in [0.1, 0.15) is 30.2 Å². The highest BCUT2D eigenvalue weighted by Crippen LogP contribution is 2.35. The molecule has 1 aliphatic carbocycles. The van der Waals surface area contributed by atoms with Crippen molar-refractivity contribution in [3.05, 3.63) is 15.8 Å². The van der Waals surface area contributed by atoms with Crippen LogP contribution >= 0.6 is 11.3 Å². The second-order valence-electron chi connectivity index (χ2n) is 3.20. The molecule has 1 aromatic rings. The molecule has 0 saturated heterocycles. The first-order valence-electron chi connectivity index (χ1n) is 4.80. The molecule has 1 aliphatic rings. The van der Waals surface area contributed by atoms with E-state index in [1.807, 2.05) is 6.92 Å². The Morgan fingerprint density at radius 2 is 2.23 bits per heavy atom. The van der Waals surface area contributed by atoms with Crippen LogP contribution in [0.2, 0.25) is 0 Å². The first-order chi connectivity index (χ1) is 6.42. The lowest BCUT2D eigenvalue weighted by Gasteiger charge is -2.11. The molecular formula is C10H14O2S. The fourth-order valence-corrected chi connectivity index (χ4v) is 2.69. The van der Waals surface area contributed by atoms with Crippen molar-refractivity contribution in [1.29, 1.82) is 0 Å². The van der Waals surface area contributed by atoms with E-state index in [-0.39, 0.29) is 0 Å². The summed E-state index contributed by atoms with van der Waals surface area (Å²) < 4.78 is 0. The van der Waals surface area contributed by atoms with Crippen molar-refractivity contribution in [2.24, 2.45) is 0 Å². The summed E-state index contributed by atoms with van der Waals surface area (Å²) in [5.41, 5.74) is 1.38. The summed E-state index contributed by atoms with van der Waals surface area (Å²) in [5, 5.41) is 2.06. The predicted molar refractivity (Wildman–Crippen MR) is 53.2 cm³/mol. The molecule has 13 heavy (non-hydrogen) atoms. The smallest absolute Gasteiger partial charge is 0.179 e. The van der Waals surface area contributed by atoms with Gasteiger partial charge in [0.15, 0.2) is 5.75 Å². The molecule has 72 valence electrons. The van der Waals surface area contributed by atoms with Gasteiger partial charge < -0.3 is 4.89 Å². The van der Waals surface area contributed by atoms with E-state index in [9.17, 15) is 0 Å². The van der Waals surface area contributed by atoms with Crippen LogP contribution in [0.3, 0.4) is 0 Å². The second kappa shape index (κ2) is 4.11. The fraction of sp³-hybridized carbons (Fsp3) is 0.600. The maximum Gasteiger partial charge on any atom is 0.179 e. The van der Waals surface area contributed by atoms with Crippen LogP contribution in [0.5, 0.6) is 5.75 Å². The summed E-state index contributed by atoms with van der Waals surface area (Å²) in [4.78, 5) is 11.6. The Labute approximate surface area is 82.4 Å². The molecule has 0 N–H and O–H groups in total. The molecule has 0 spiro atoms. The summed E-state index contributed by atoms with van der Waals surface area (Å²) >= 11 is 1.80. The lowest BCUT2D eigenvalue weighted by atomic mass is 9.99. The summed E-state index contributed by atoms with van der Waals surface area (Å²) in [6.45, 7) is 2.53. The van der Waals surface area contributed by atoms with E-state index in [0.717, 1.165) is 12.2 Å². The number of hydrogen-bond donors (Lipinski definition) is 0. The molecule has 2 nitrogen and oxygen atoms in total. The van der Waals surface area contributed by atoms with Crippen molar-refractivity contribution < 1.29 is 9.78 Å². The maximum absolute atomic E-state index is 5.20. The summed E-state index contributed by atoms with van der Waals surface area (Å²) in [6, 6.07) is 0. The van der Waals surface area contributed by atoms with Crippen LogP contribution in [-0.4, -0.2) is 6.61 Å². The van der Waals surface area contributed by atoms with Gasteiger partial charge in [0.2, 0.25) is 0 Å². The van der Waals surface area contributed by atoms with E-state index in [1.54, 1.807) is 11.3 Å². The Kier molecular flexibility index (Phi) is 2.86. The Morgan fingerprint density at radius 1 is 1.38 bits per heavy atom. The topological polar surface area (TPSA) is 18.5 Å². The molecule has 0 amide bonds. The van der Waals surface area contributed by atoms with Crippen molar-refractivity contribution >= 4 is 11.3 Å². The zero-order chi connectivity index (χ0) is 9.10. The van der Waals surface area contributed by atoms with Gasteiger partial charge in [0.05, 0.1) is 6.61 Å². The van der Waals surface area contributed by atoms with Crippen molar-refractivity contribution in [3.8, 4) is 5.75 Å². The highest BCUT2D eigenvalue weighted by Gasteiger charge is 2.16. The van der Waals surface area contributed by atoms with Gasteiger partial charge in [0.1, 0.15) is 0 Å². The molecule has 3 heteroatoms. The lowest BCUT2D eigenvalue weighted by molar-refractivity contribution is -0.202. The van der Waals surface area contributed by atoms with Crippen molar-refractivity contribution in [2.75, 3.05) is 6.61 Å². The molecule has 0 saturated carbocycles. The maximum atomic E-state index is 5.20. The molecule has 0 atom stereocenters. The van der Waals surface area contributed by atoms with Gasteiger partial charge in [-0.15, -0.1) is 11.3 Å². The second-order valence-corrected chi connectivity index (χ2v) is 4.16. The quantitative estimate of drug-likeness (QED) is 0.549. The molecule has 0 unspecified atom stereocenters. The third kappa shape index (κ3) is 1.86. The minimum absolute atomic E-state index is 0.602. The van der Waals surface area contributed by atoms with Gasteiger partial charge in [-0.05, 0) is 32.6 Å². The summed E-state index contributed by atoms with van der Waals surface area (Å²) in [6.07, 6.45) is 4.98. The number of thiophene rings is 1. The van der Waals surface area contributed by atoms with E-state index in [1.165, 1.54) is 29.7 Å². The van der Waals surface area contributed by atoms with E-state index in [0.29, 0.717) is 6.61 Å². The van der Waals surface area contributed by atoms with Crippen LogP contribution < -0.4 is 4.89 Å². The molecule has 0 bridgehead atoms. The van der Waals surface area contributed by atoms with E-state index >= 15 is 0 Å². The third-order valence-corrected chi connectivity index (χ3v) is 3.36. The van der Waals surface area contributed by atoms with Crippen LogP contribution in [0.15, 0.2) is 5.38 Å². The van der Waals surface area contributed by atoms with E-state index in [2.05, 4.69) is 5.38 Å². The number of fused-ring (bicyclic) bond motifs is 1.